The molecule has 1 aliphatic rings. The highest BCUT2D eigenvalue weighted by Crippen LogP contribution is 2.14. The lowest BCUT2D eigenvalue weighted by Gasteiger charge is -2.32. The summed E-state index contributed by atoms with van der Waals surface area (Å²) in [6.45, 7) is 2.76. The summed E-state index contributed by atoms with van der Waals surface area (Å²) in [5, 5.41) is 4.53. The molecule has 2 N–H and O–H groups in total. The van der Waals surface area contributed by atoms with Gasteiger partial charge in [0, 0.05) is 30.2 Å². The van der Waals surface area contributed by atoms with Gasteiger partial charge >= 0.3 is 0 Å². The fraction of sp³-hybridized carbons (Fsp3) is 0.471. The molecule has 4 nitrogen and oxygen atoms in total. The predicted molar refractivity (Wildman–Crippen MR) is 86.5 cm³/mol. The molecule has 1 unspecified atom stereocenters. The third-order valence-electron chi connectivity index (χ3n) is 4.45. The largest absolute Gasteiger partial charge is 0.322 e. The summed E-state index contributed by atoms with van der Waals surface area (Å²) in [6, 6.07) is 10.5. The van der Waals surface area contributed by atoms with E-state index in [1.54, 1.807) is 0 Å². The number of fused-ring (bicyclic) bond motifs is 1. The minimum Gasteiger partial charge on any atom is -0.322 e. The van der Waals surface area contributed by atoms with Gasteiger partial charge in [-0.1, -0.05) is 24.6 Å². The van der Waals surface area contributed by atoms with Gasteiger partial charge < -0.3 is 15.2 Å². The third kappa shape index (κ3) is 3.34. The zero-order chi connectivity index (χ0) is 14.7. The Labute approximate surface area is 125 Å². The maximum absolute atomic E-state index is 12.1. The molecule has 1 aromatic heterocycles. The second-order valence-electron chi connectivity index (χ2n) is 5.97. The van der Waals surface area contributed by atoms with Crippen molar-refractivity contribution < 1.29 is 0 Å². The summed E-state index contributed by atoms with van der Waals surface area (Å²) >= 11 is 0. The molecule has 1 saturated heterocycles. The first kappa shape index (κ1) is 14.3. The van der Waals surface area contributed by atoms with Crippen LogP contribution in [0.3, 0.4) is 0 Å². The molecule has 0 bridgehead atoms. The van der Waals surface area contributed by atoms with Crippen LogP contribution in [0.2, 0.25) is 0 Å². The maximum Gasteiger partial charge on any atom is 0.252 e. The molecule has 1 aromatic carbocycles. The normalized spacial score (nSPS) is 20.0. The number of aromatic nitrogens is 1. The number of nitrogens with one attached hydrogen (secondary N) is 2. The number of hydrogen-bond donors (Lipinski definition) is 2. The van der Waals surface area contributed by atoms with Crippen LogP contribution in [0.15, 0.2) is 35.1 Å². The first-order valence-corrected chi connectivity index (χ1v) is 7.76. The van der Waals surface area contributed by atoms with Gasteiger partial charge in [-0.15, -0.1) is 0 Å². The lowest BCUT2D eigenvalue weighted by Crippen LogP contribution is -2.43. The molecule has 3 rings (SSSR count). The van der Waals surface area contributed by atoms with Crippen molar-refractivity contribution in [3.05, 3.63) is 46.2 Å². The van der Waals surface area contributed by atoms with E-state index >= 15 is 0 Å². The van der Waals surface area contributed by atoms with Gasteiger partial charge in [-0.2, -0.15) is 0 Å². The second-order valence-corrected chi connectivity index (χ2v) is 5.97. The topological polar surface area (TPSA) is 48.1 Å². The summed E-state index contributed by atoms with van der Waals surface area (Å²) < 4.78 is 0. The molecule has 112 valence electrons. The Balaban J connectivity index is 1.65. The number of rotatable bonds is 4. The van der Waals surface area contributed by atoms with Crippen molar-refractivity contribution in [3.8, 4) is 0 Å². The molecule has 2 aromatic rings. The minimum absolute atomic E-state index is 0.0122. The molecule has 0 aliphatic carbocycles. The number of pyridine rings is 1. The minimum atomic E-state index is 0.0122. The van der Waals surface area contributed by atoms with Crippen LogP contribution in [0.25, 0.3) is 10.9 Å². The van der Waals surface area contributed by atoms with Crippen molar-refractivity contribution in [2.24, 2.45) is 0 Å². The third-order valence-corrected chi connectivity index (χ3v) is 4.45. The summed E-state index contributed by atoms with van der Waals surface area (Å²) in [6.07, 6.45) is 3.86. The standard InChI is InChI=1S/C17H23N3O/c1-20-9-5-4-7-15(20)12-18-11-14-10-13-6-2-3-8-16(13)19-17(14)21/h2-3,6,8,10,15,18H,4-5,7,9,11-12H2,1H3,(H,19,21). The van der Waals surface area contributed by atoms with Gasteiger partial charge in [0.2, 0.25) is 0 Å². The van der Waals surface area contributed by atoms with E-state index in [0.29, 0.717) is 12.6 Å². The molecule has 0 spiro atoms. The van der Waals surface area contributed by atoms with Gasteiger partial charge in [0.1, 0.15) is 0 Å². The summed E-state index contributed by atoms with van der Waals surface area (Å²) in [5.74, 6) is 0. The molecular weight excluding hydrogens is 262 g/mol. The molecule has 0 radical (unpaired) electrons. The fourth-order valence-corrected chi connectivity index (χ4v) is 3.10. The summed E-state index contributed by atoms with van der Waals surface area (Å²) in [4.78, 5) is 17.4. The van der Waals surface area contributed by atoms with Gasteiger partial charge in [0.15, 0.2) is 0 Å². The Morgan fingerprint density at radius 1 is 1.33 bits per heavy atom. The highest BCUT2D eigenvalue weighted by Gasteiger charge is 2.18. The van der Waals surface area contributed by atoms with E-state index in [4.69, 9.17) is 0 Å². The first-order valence-electron chi connectivity index (χ1n) is 7.76. The number of nitrogens with zero attached hydrogens (tertiary/aromatic N) is 1. The van der Waals surface area contributed by atoms with Crippen molar-refractivity contribution in [2.75, 3.05) is 20.1 Å². The van der Waals surface area contributed by atoms with E-state index in [-0.39, 0.29) is 5.56 Å². The second kappa shape index (κ2) is 6.41. The Bertz CT molecular complexity index is 664. The van der Waals surface area contributed by atoms with Crippen LogP contribution in [0, 0.1) is 0 Å². The van der Waals surface area contributed by atoms with Crippen molar-refractivity contribution in [3.63, 3.8) is 0 Å². The van der Waals surface area contributed by atoms with E-state index < -0.39 is 0 Å². The van der Waals surface area contributed by atoms with Crippen LogP contribution in [0.4, 0.5) is 0 Å². The Morgan fingerprint density at radius 3 is 3.05 bits per heavy atom. The molecule has 1 atom stereocenters. The van der Waals surface area contributed by atoms with Gasteiger partial charge in [-0.25, -0.2) is 0 Å². The number of benzene rings is 1. The van der Waals surface area contributed by atoms with E-state index in [1.807, 2.05) is 30.3 Å². The Kier molecular flexibility index (Phi) is 4.36. The smallest absolute Gasteiger partial charge is 0.252 e. The molecule has 4 heteroatoms. The van der Waals surface area contributed by atoms with Gasteiger partial charge in [0.05, 0.1) is 0 Å². The van der Waals surface area contributed by atoms with Gasteiger partial charge in [-0.05, 0) is 44.0 Å². The zero-order valence-electron chi connectivity index (χ0n) is 12.6. The van der Waals surface area contributed by atoms with Crippen LogP contribution in [0.1, 0.15) is 24.8 Å². The van der Waals surface area contributed by atoms with E-state index in [2.05, 4.69) is 22.2 Å². The number of para-hydroxylation sites is 1. The van der Waals surface area contributed by atoms with Crippen LogP contribution >= 0.6 is 0 Å². The molecule has 1 fully saturated rings. The molecule has 21 heavy (non-hydrogen) atoms. The quantitative estimate of drug-likeness (QED) is 0.904. The number of aromatic amines is 1. The molecule has 2 heterocycles. The monoisotopic (exact) mass is 285 g/mol. The first-order chi connectivity index (χ1) is 10.2. The number of hydrogen-bond acceptors (Lipinski definition) is 3. The molecule has 1 aliphatic heterocycles. The number of likely N-dealkylation sites (tertiary alicyclic amines) is 1. The molecule has 0 saturated carbocycles. The van der Waals surface area contributed by atoms with Crippen LogP contribution in [0.5, 0.6) is 0 Å². The van der Waals surface area contributed by atoms with Crippen molar-refractivity contribution in [1.29, 1.82) is 0 Å². The van der Waals surface area contributed by atoms with E-state index in [1.165, 1.54) is 25.8 Å². The fourth-order valence-electron chi connectivity index (χ4n) is 3.10. The van der Waals surface area contributed by atoms with Crippen LogP contribution in [-0.4, -0.2) is 36.1 Å². The Morgan fingerprint density at radius 2 is 2.19 bits per heavy atom. The highest BCUT2D eigenvalue weighted by molar-refractivity contribution is 5.78. The Hall–Kier alpha value is -1.65. The SMILES string of the molecule is CN1CCCCC1CNCc1cc2ccccc2[nH]c1=O. The number of likely N-dealkylation sites (N-methyl/N-ethyl adjacent to an activating group) is 1. The van der Waals surface area contributed by atoms with E-state index in [9.17, 15) is 4.79 Å². The maximum atomic E-state index is 12.1. The summed E-state index contributed by atoms with van der Waals surface area (Å²) in [5.41, 5.74) is 1.73. The van der Waals surface area contributed by atoms with Crippen molar-refractivity contribution >= 4 is 10.9 Å². The highest BCUT2D eigenvalue weighted by atomic mass is 16.1. The molecule has 0 amide bonds. The van der Waals surface area contributed by atoms with Gasteiger partial charge in [0.25, 0.3) is 5.56 Å². The average Bonchev–Trinajstić information content (AvgIpc) is 2.49. The van der Waals surface area contributed by atoms with E-state index in [0.717, 1.165) is 23.0 Å². The number of H-pyrrole nitrogens is 1. The zero-order valence-corrected chi connectivity index (χ0v) is 12.6. The van der Waals surface area contributed by atoms with Crippen molar-refractivity contribution in [1.82, 2.24) is 15.2 Å². The average molecular weight is 285 g/mol. The number of piperidine rings is 1. The van der Waals surface area contributed by atoms with Gasteiger partial charge in [-0.3, -0.25) is 4.79 Å². The van der Waals surface area contributed by atoms with Crippen LogP contribution in [-0.2, 0) is 6.54 Å². The lowest BCUT2D eigenvalue weighted by atomic mass is 10.0. The predicted octanol–water partition coefficient (Wildman–Crippen LogP) is 2.10. The summed E-state index contributed by atoms with van der Waals surface area (Å²) in [7, 11) is 2.19. The lowest BCUT2D eigenvalue weighted by molar-refractivity contribution is 0.181. The van der Waals surface area contributed by atoms with Crippen molar-refractivity contribution in [2.45, 2.75) is 31.8 Å². The molecular formula is C17H23N3O. The van der Waals surface area contributed by atoms with Crippen LogP contribution < -0.4 is 10.9 Å².